The average molecular weight is 503 g/mol. The molecule has 2 aromatic rings. The van der Waals surface area contributed by atoms with Gasteiger partial charge in [0.1, 0.15) is 18.4 Å². The van der Waals surface area contributed by atoms with Crippen molar-refractivity contribution in [1.82, 2.24) is 15.5 Å². The number of nitrogens with one attached hydrogen (secondary N) is 2. The minimum Gasteiger partial charge on any atom is -0.489 e. The second-order valence-corrected chi connectivity index (χ2v) is 8.70. The Bertz CT molecular complexity index is 1300. The number of nitrogens with zero attached hydrogens (tertiary/aromatic N) is 2. The molecular formula is C27H26N4O6. The molecule has 0 radical (unpaired) electrons. The molecule has 0 saturated carbocycles. The van der Waals surface area contributed by atoms with Crippen molar-refractivity contribution < 1.29 is 28.7 Å². The van der Waals surface area contributed by atoms with Crippen LogP contribution in [0.15, 0.2) is 48.5 Å². The Morgan fingerprint density at radius 1 is 1.05 bits per heavy atom. The molecule has 2 heterocycles. The van der Waals surface area contributed by atoms with Crippen LogP contribution in [0.4, 0.5) is 5.69 Å². The third-order valence-corrected chi connectivity index (χ3v) is 6.14. The second kappa shape index (κ2) is 11.0. The van der Waals surface area contributed by atoms with E-state index in [0.29, 0.717) is 17.0 Å². The molecule has 2 atom stereocenters. The van der Waals surface area contributed by atoms with E-state index >= 15 is 0 Å². The number of imide groups is 1. The molecule has 2 aliphatic heterocycles. The van der Waals surface area contributed by atoms with Crippen LogP contribution in [0, 0.1) is 11.8 Å². The Morgan fingerprint density at radius 3 is 2.46 bits per heavy atom. The van der Waals surface area contributed by atoms with E-state index in [1.165, 1.54) is 11.9 Å². The quantitative estimate of drug-likeness (QED) is 0.364. The minimum absolute atomic E-state index is 0.000912. The number of likely N-dealkylation sites (N-methyl/N-ethyl adjacent to an activating group) is 1. The summed E-state index contributed by atoms with van der Waals surface area (Å²) >= 11 is 0. The van der Waals surface area contributed by atoms with Crippen molar-refractivity contribution in [2.75, 3.05) is 25.1 Å². The van der Waals surface area contributed by atoms with Crippen LogP contribution < -0.4 is 20.3 Å². The van der Waals surface area contributed by atoms with Gasteiger partial charge in [-0.05, 0) is 30.7 Å². The molecular weight excluding hydrogens is 476 g/mol. The molecule has 2 aromatic carbocycles. The number of carbonyl (C=O) groups is 5. The maximum atomic E-state index is 13.1. The van der Waals surface area contributed by atoms with Gasteiger partial charge in [-0.3, -0.25) is 28.9 Å². The Kier molecular flexibility index (Phi) is 7.53. The summed E-state index contributed by atoms with van der Waals surface area (Å²) < 4.78 is 5.75. The number of amides is 5. The fourth-order valence-electron chi connectivity index (χ4n) is 4.01. The van der Waals surface area contributed by atoms with Gasteiger partial charge in [0.25, 0.3) is 5.91 Å². The monoisotopic (exact) mass is 502 g/mol. The van der Waals surface area contributed by atoms with Crippen molar-refractivity contribution in [2.24, 2.45) is 0 Å². The van der Waals surface area contributed by atoms with Gasteiger partial charge >= 0.3 is 11.8 Å². The fraction of sp³-hybridized carbons (Fsp3) is 0.296. The normalized spacial score (nSPS) is 17.7. The SMILES string of the molecule is C[C@@H](NC(=O)C(=O)N[C@H]1COc2ccc(C#CCN3C(=O)CCC3=O)cc2N(C)C1=O)c1ccccc1. The van der Waals surface area contributed by atoms with Gasteiger partial charge in [0, 0.05) is 25.5 Å². The first-order valence-corrected chi connectivity index (χ1v) is 11.8. The lowest BCUT2D eigenvalue weighted by molar-refractivity contribution is -0.141. The summed E-state index contributed by atoms with van der Waals surface area (Å²) in [6.07, 6.45) is 0.407. The van der Waals surface area contributed by atoms with Crippen LogP contribution in [0.1, 0.15) is 36.9 Å². The summed E-state index contributed by atoms with van der Waals surface area (Å²) in [5.74, 6) is 3.37. The van der Waals surface area contributed by atoms with Crippen molar-refractivity contribution in [3.63, 3.8) is 0 Å². The predicted octanol–water partition coefficient (Wildman–Crippen LogP) is 0.905. The first-order chi connectivity index (χ1) is 17.7. The van der Waals surface area contributed by atoms with Crippen molar-refractivity contribution in [2.45, 2.75) is 31.8 Å². The average Bonchev–Trinajstić information content (AvgIpc) is 3.17. The van der Waals surface area contributed by atoms with E-state index in [9.17, 15) is 24.0 Å². The maximum Gasteiger partial charge on any atom is 0.310 e. The molecule has 0 aromatic heterocycles. The van der Waals surface area contributed by atoms with Gasteiger partial charge in [0.15, 0.2) is 0 Å². The summed E-state index contributed by atoms with van der Waals surface area (Å²) in [5, 5.41) is 5.07. The lowest BCUT2D eigenvalue weighted by atomic mass is 10.1. The first kappa shape index (κ1) is 25.4. The molecule has 5 amide bonds. The van der Waals surface area contributed by atoms with Crippen LogP contribution in [0.5, 0.6) is 5.75 Å². The number of hydrogen-bond donors (Lipinski definition) is 2. The van der Waals surface area contributed by atoms with Crippen LogP contribution in [0.2, 0.25) is 0 Å². The molecule has 10 heteroatoms. The zero-order valence-corrected chi connectivity index (χ0v) is 20.4. The van der Waals surface area contributed by atoms with Gasteiger partial charge in [0.05, 0.1) is 18.3 Å². The third kappa shape index (κ3) is 5.78. The number of fused-ring (bicyclic) bond motifs is 1. The molecule has 2 N–H and O–H groups in total. The van der Waals surface area contributed by atoms with Crippen LogP contribution >= 0.6 is 0 Å². The molecule has 37 heavy (non-hydrogen) atoms. The van der Waals surface area contributed by atoms with E-state index in [0.717, 1.165) is 10.5 Å². The highest BCUT2D eigenvalue weighted by Gasteiger charge is 2.32. The summed E-state index contributed by atoms with van der Waals surface area (Å²) in [4.78, 5) is 63.9. The van der Waals surface area contributed by atoms with Crippen molar-refractivity contribution in [3.05, 3.63) is 59.7 Å². The second-order valence-electron chi connectivity index (χ2n) is 8.70. The smallest absolute Gasteiger partial charge is 0.310 e. The molecule has 0 unspecified atom stereocenters. The highest BCUT2D eigenvalue weighted by atomic mass is 16.5. The Morgan fingerprint density at radius 2 is 1.76 bits per heavy atom. The minimum atomic E-state index is -1.08. The van der Waals surface area contributed by atoms with E-state index in [1.54, 1.807) is 25.1 Å². The van der Waals surface area contributed by atoms with E-state index in [4.69, 9.17) is 4.74 Å². The zero-order valence-electron chi connectivity index (χ0n) is 20.4. The number of hydrogen-bond acceptors (Lipinski definition) is 6. The molecule has 10 nitrogen and oxygen atoms in total. The van der Waals surface area contributed by atoms with E-state index in [1.807, 2.05) is 30.3 Å². The summed E-state index contributed by atoms with van der Waals surface area (Å²) in [5.41, 5.74) is 1.83. The van der Waals surface area contributed by atoms with Gasteiger partial charge < -0.3 is 20.3 Å². The summed E-state index contributed by atoms with van der Waals surface area (Å²) in [6.45, 7) is 1.60. The largest absolute Gasteiger partial charge is 0.489 e. The summed E-state index contributed by atoms with van der Waals surface area (Å²) in [7, 11) is 1.53. The highest BCUT2D eigenvalue weighted by Crippen LogP contribution is 2.31. The maximum absolute atomic E-state index is 13.1. The van der Waals surface area contributed by atoms with E-state index < -0.39 is 29.8 Å². The van der Waals surface area contributed by atoms with E-state index in [2.05, 4.69) is 22.5 Å². The zero-order chi connectivity index (χ0) is 26.5. The number of rotatable bonds is 4. The molecule has 0 bridgehead atoms. The van der Waals surface area contributed by atoms with Crippen molar-refractivity contribution >= 4 is 35.2 Å². The Balaban J connectivity index is 1.40. The third-order valence-electron chi connectivity index (χ3n) is 6.14. The highest BCUT2D eigenvalue weighted by molar-refractivity contribution is 6.35. The summed E-state index contributed by atoms with van der Waals surface area (Å²) in [6, 6.07) is 12.7. The Hall–Kier alpha value is -4.65. The number of carbonyl (C=O) groups excluding carboxylic acids is 5. The van der Waals surface area contributed by atoms with Crippen LogP contribution in [0.3, 0.4) is 0 Å². The fourth-order valence-corrected chi connectivity index (χ4v) is 4.01. The van der Waals surface area contributed by atoms with Gasteiger partial charge in [0.2, 0.25) is 11.8 Å². The lowest BCUT2D eigenvalue weighted by Crippen LogP contribution is -2.53. The van der Waals surface area contributed by atoms with Gasteiger partial charge in [-0.2, -0.15) is 0 Å². The number of benzene rings is 2. The van der Waals surface area contributed by atoms with Crippen LogP contribution in [-0.4, -0.2) is 60.7 Å². The molecule has 0 aliphatic carbocycles. The van der Waals surface area contributed by atoms with Crippen molar-refractivity contribution in [3.8, 4) is 17.6 Å². The molecule has 190 valence electrons. The first-order valence-electron chi connectivity index (χ1n) is 11.8. The van der Waals surface area contributed by atoms with Crippen LogP contribution in [0.25, 0.3) is 0 Å². The standard InChI is InChI=1S/C27H26N4O6/c1-17(19-8-4-3-5-9-19)28-25(34)26(35)29-20-16-37-22-11-10-18(15-21(22)30(2)27(20)36)7-6-14-31-23(32)12-13-24(31)33/h3-5,8-11,15,17,20H,12-14,16H2,1-2H3,(H,28,34)(H,29,35)/t17-,20+/m1/s1. The molecule has 4 rings (SSSR count). The molecule has 1 fully saturated rings. The number of likely N-dealkylation sites (tertiary alicyclic amines) is 1. The molecule has 2 aliphatic rings. The van der Waals surface area contributed by atoms with Gasteiger partial charge in [-0.1, -0.05) is 42.2 Å². The van der Waals surface area contributed by atoms with Crippen LogP contribution in [-0.2, 0) is 24.0 Å². The lowest BCUT2D eigenvalue weighted by Gasteiger charge is -2.21. The van der Waals surface area contributed by atoms with Crippen molar-refractivity contribution in [1.29, 1.82) is 0 Å². The van der Waals surface area contributed by atoms with E-state index in [-0.39, 0.29) is 37.8 Å². The predicted molar refractivity (Wildman–Crippen MR) is 133 cm³/mol. The van der Waals surface area contributed by atoms with Gasteiger partial charge in [-0.25, -0.2) is 0 Å². The number of anilines is 1. The molecule has 0 spiro atoms. The van der Waals surface area contributed by atoms with Gasteiger partial charge in [-0.15, -0.1) is 0 Å². The Labute approximate surface area is 213 Å². The molecule has 1 saturated heterocycles. The topological polar surface area (TPSA) is 125 Å². The number of ether oxygens (including phenoxy) is 1.